The highest BCUT2D eigenvalue weighted by atomic mass is 35.5. The number of hydrogen-bond acceptors (Lipinski definition) is 2. The molecule has 0 aliphatic heterocycles. The van der Waals surface area contributed by atoms with E-state index in [1.165, 1.54) is 38.5 Å². The van der Waals surface area contributed by atoms with Gasteiger partial charge in [0.2, 0.25) is 0 Å². The Balaban J connectivity index is 1.80. The third-order valence-corrected chi connectivity index (χ3v) is 7.32. The van der Waals surface area contributed by atoms with E-state index in [0.29, 0.717) is 18.3 Å². The number of rotatable bonds is 11. The number of hydrogen-bond donors (Lipinski definition) is 2. The molecule has 27 heavy (non-hydrogen) atoms. The molecule has 0 aromatic carbocycles. The fraction of sp³-hybridized carbons (Fsp3) is 0.783. The van der Waals surface area contributed by atoms with Crippen molar-refractivity contribution in [3.8, 4) is 0 Å². The Hall–Kier alpha value is -0.800. The quantitative estimate of drug-likeness (QED) is 0.252. The summed E-state index contributed by atoms with van der Waals surface area (Å²) in [6.07, 6.45) is 20.7. The second-order valence-electron chi connectivity index (χ2n) is 8.58. The van der Waals surface area contributed by atoms with Gasteiger partial charge in [0, 0.05) is 17.7 Å². The van der Waals surface area contributed by atoms with Gasteiger partial charge in [-0.05, 0) is 62.7 Å². The molecule has 0 aromatic rings. The van der Waals surface area contributed by atoms with E-state index in [4.69, 9.17) is 16.7 Å². The van der Waals surface area contributed by atoms with Crippen LogP contribution >= 0.6 is 11.6 Å². The van der Waals surface area contributed by atoms with Crippen molar-refractivity contribution in [3.63, 3.8) is 0 Å². The SMILES string of the molecule is CCC1(CC/C=C/[C@@H]2[C@@H](C/C=C\CCCC(=O)O)[C@H](Cl)C[C@H]2O)CCCC1. The number of alkyl halides is 1. The predicted octanol–water partition coefficient (Wildman–Crippen LogP) is 6.10. The Kier molecular flexibility index (Phi) is 9.38. The van der Waals surface area contributed by atoms with E-state index in [1.54, 1.807) is 0 Å². The van der Waals surface area contributed by atoms with Crippen LogP contribution in [0.3, 0.4) is 0 Å². The van der Waals surface area contributed by atoms with Crippen molar-refractivity contribution in [2.75, 3.05) is 0 Å². The van der Waals surface area contributed by atoms with Gasteiger partial charge in [-0.15, -0.1) is 11.6 Å². The maximum absolute atomic E-state index is 10.5. The zero-order valence-electron chi connectivity index (χ0n) is 16.8. The van der Waals surface area contributed by atoms with Gasteiger partial charge in [0.15, 0.2) is 0 Å². The highest BCUT2D eigenvalue weighted by Gasteiger charge is 2.39. The fourth-order valence-corrected chi connectivity index (χ4v) is 5.41. The van der Waals surface area contributed by atoms with Crippen molar-refractivity contribution in [1.82, 2.24) is 0 Å². The number of carboxylic acid groups (broad SMARTS) is 1. The van der Waals surface area contributed by atoms with Gasteiger partial charge in [-0.1, -0.05) is 50.5 Å². The molecule has 2 aliphatic carbocycles. The molecule has 2 fully saturated rings. The Labute approximate surface area is 169 Å². The lowest BCUT2D eigenvalue weighted by Crippen LogP contribution is -2.18. The molecule has 154 valence electrons. The van der Waals surface area contributed by atoms with Crippen LogP contribution in [0.5, 0.6) is 0 Å². The van der Waals surface area contributed by atoms with E-state index in [-0.39, 0.29) is 29.7 Å². The highest BCUT2D eigenvalue weighted by Crippen LogP contribution is 2.45. The van der Waals surface area contributed by atoms with Gasteiger partial charge >= 0.3 is 5.97 Å². The molecule has 0 amide bonds. The van der Waals surface area contributed by atoms with E-state index < -0.39 is 5.97 Å². The molecule has 0 spiro atoms. The molecule has 2 N–H and O–H groups in total. The molecule has 2 saturated carbocycles. The van der Waals surface area contributed by atoms with Crippen molar-refractivity contribution in [1.29, 1.82) is 0 Å². The number of aliphatic hydroxyl groups is 1. The monoisotopic (exact) mass is 396 g/mol. The summed E-state index contributed by atoms with van der Waals surface area (Å²) in [6.45, 7) is 2.33. The molecule has 4 heteroatoms. The van der Waals surface area contributed by atoms with Crippen LogP contribution in [0.2, 0.25) is 0 Å². The van der Waals surface area contributed by atoms with Gasteiger partial charge in [0.1, 0.15) is 0 Å². The molecule has 0 radical (unpaired) electrons. The van der Waals surface area contributed by atoms with Crippen LogP contribution in [0.15, 0.2) is 24.3 Å². The molecule has 0 saturated heterocycles. The summed E-state index contributed by atoms with van der Waals surface area (Å²) in [6, 6.07) is 0. The zero-order chi connectivity index (χ0) is 19.7. The van der Waals surface area contributed by atoms with E-state index in [1.807, 2.05) is 0 Å². The lowest BCUT2D eigenvalue weighted by Gasteiger charge is -2.27. The van der Waals surface area contributed by atoms with Crippen molar-refractivity contribution < 1.29 is 15.0 Å². The maximum atomic E-state index is 10.5. The van der Waals surface area contributed by atoms with Crippen molar-refractivity contribution in [3.05, 3.63) is 24.3 Å². The molecule has 4 atom stereocenters. The molecule has 0 bridgehead atoms. The Bertz CT molecular complexity index is 508. The summed E-state index contributed by atoms with van der Waals surface area (Å²) in [5.41, 5.74) is 0.561. The average Bonchev–Trinajstić information content (AvgIpc) is 3.20. The second kappa shape index (κ2) is 11.3. The fourth-order valence-electron chi connectivity index (χ4n) is 4.96. The van der Waals surface area contributed by atoms with Crippen molar-refractivity contribution in [2.45, 2.75) is 95.5 Å². The minimum atomic E-state index is -0.740. The predicted molar refractivity (Wildman–Crippen MR) is 112 cm³/mol. The van der Waals surface area contributed by atoms with E-state index in [9.17, 15) is 9.90 Å². The normalized spacial score (nSPS) is 30.6. The van der Waals surface area contributed by atoms with Gasteiger partial charge in [-0.3, -0.25) is 4.79 Å². The molecule has 2 aliphatic rings. The lowest BCUT2D eigenvalue weighted by molar-refractivity contribution is -0.137. The highest BCUT2D eigenvalue weighted by molar-refractivity contribution is 6.21. The smallest absolute Gasteiger partial charge is 0.303 e. The largest absolute Gasteiger partial charge is 0.481 e. The van der Waals surface area contributed by atoms with Gasteiger partial charge in [0.05, 0.1) is 6.10 Å². The molecular formula is C23H37ClO3. The summed E-state index contributed by atoms with van der Waals surface area (Å²) in [4.78, 5) is 10.5. The molecule has 0 aromatic heterocycles. The second-order valence-corrected chi connectivity index (χ2v) is 9.14. The van der Waals surface area contributed by atoms with Crippen LogP contribution in [0.25, 0.3) is 0 Å². The number of carbonyl (C=O) groups is 1. The van der Waals surface area contributed by atoms with Gasteiger partial charge < -0.3 is 10.2 Å². The van der Waals surface area contributed by atoms with Gasteiger partial charge in [-0.25, -0.2) is 0 Å². The summed E-state index contributed by atoms with van der Waals surface area (Å²) in [5.74, 6) is -0.339. The number of unbranched alkanes of at least 4 members (excludes halogenated alkanes) is 1. The molecule has 0 unspecified atom stereocenters. The molecular weight excluding hydrogens is 360 g/mol. The average molecular weight is 397 g/mol. The van der Waals surface area contributed by atoms with Crippen LogP contribution in [-0.2, 0) is 4.79 Å². The number of aliphatic hydroxyl groups excluding tert-OH is 1. The molecule has 0 heterocycles. The minimum Gasteiger partial charge on any atom is -0.481 e. The first-order valence-electron chi connectivity index (χ1n) is 10.8. The third kappa shape index (κ3) is 6.94. The first-order valence-corrected chi connectivity index (χ1v) is 11.3. The Morgan fingerprint density at radius 1 is 1.19 bits per heavy atom. The van der Waals surface area contributed by atoms with Crippen LogP contribution in [0.4, 0.5) is 0 Å². The van der Waals surface area contributed by atoms with Crippen molar-refractivity contribution >= 4 is 17.6 Å². The van der Waals surface area contributed by atoms with E-state index >= 15 is 0 Å². The Morgan fingerprint density at radius 2 is 1.93 bits per heavy atom. The van der Waals surface area contributed by atoms with Gasteiger partial charge in [0.25, 0.3) is 0 Å². The molecule has 2 rings (SSSR count). The third-order valence-electron chi connectivity index (χ3n) is 6.82. The summed E-state index contributed by atoms with van der Waals surface area (Å²) >= 11 is 6.50. The maximum Gasteiger partial charge on any atom is 0.303 e. The minimum absolute atomic E-state index is 0.00938. The van der Waals surface area contributed by atoms with Crippen LogP contribution < -0.4 is 0 Å². The summed E-state index contributed by atoms with van der Waals surface area (Å²) < 4.78 is 0. The van der Waals surface area contributed by atoms with Crippen LogP contribution in [0.1, 0.15) is 84.0 Å². The summed E-state index contributed by atoms with van der Waals surface area (Å²) in [7, 11) is 0. The molecule has 3 nitrogen and oxygen atoms in total. The van der Waals surface area contributed by atoms with E-state index in [2.05, 4.69) is 31.2 Å². The first-order chi connectivity index (χ1) is 13.0. The number of allylic oxidation sites excluding steroid dienone is 3. The summed E-state index contributed by atoms with van der Waals surface area (Å²) in [5, 5.41) is 19.1. The van der Waals surface area contributed by atoms with Gasteiger partial charge in [-0.2, -0.15) is 0 Å². The topological polar surface area (TPSA) is 57.5 Å². The van der Waals surface area contributed by atoms with Crippen molar-refractivity contribution in [2.24, 2.45) is 17.3 Å². The van der Waals surface area contributed by atoms with E-state index in [0.717, 1.165) is 19.3 Å². The number of aliphatic carboxylic acids is 1. The van der Waals surface area contributed by atoms with Crippen LogP contribution in [0, 0.1) is 17.3 Å². The lowest BCUT2D eigenvalue weighted by atomic mass is 9.79. The standard InChI is InChI=1S/C23H37ClO3/c1-2-23(15-9-10-16-23)14-8-7-12-19-18(20(24)17-21(19)25)11-5-3-4-6-13-22(26)27/h3,5,7,12,18-21,25H,2,4,6,8-11,13-17H2,1H3,(H,26,27)/b5-3-,12-7+/t18-,19-,20-,21-/m1/s1. The number of halogens is 1. The zero-order valence-corrected chi connectivity index (χ0v) is 17.5. The first kappa shape index (κ1) is 22.5. The van der Waals surface area contributed by atoms with Crippen LogP contribution in [-0.4, -0.2) is 27.7 Å². The Morgan fingerprint density at radius 3 is 2.59 bits per heavy atom. The number of carboxylic acids is 1.